The molecule has 2 rings (SSSR count). The lowest BCUT2D eigenvalue weighted by Crippen LogP contribution is -2.28. The molecule has 0 saturated carbocycles. The highest BCUT2D eigenvalue weighted by Crippen LogP contribution is 2.22. The molecule has 10 heteroatoms. The van der Waals surface area contributed by atoms with E-state index in [-0.39, 0.29) is 12.1 Å². The van der Waals surface area contributed by atoms with Gasteiger partial charge in [-0.25, -0.2) is 0 Å². The lowest BCUT2D eigenvalue weighted by atomic mass is 10.1. The zero-order valence-electron chi connectivity index (χ0n) is 12.2. The second kappa shape index (κ2) is 7.24. The van der Waals surface area contributed by atoms with Crippen LogP contribution in [0.4, 0.5) is 11.4 Å². The van der Waals surface area contributed by atoms with Crippen LogP contribution in [0.25, 0.3) is 0 Å². The molecule has 0 fully saturated rings. The number of amides is 1. The molecule has 1 amide bonds. The van der Waals surface area contributed by atoms with Crippen molar-refractivity contribution in [2.24, 2.45) is 0 Å². The van der Waals surface area contributed by atoms with Gasteiger partial charge in [0.05, 0.1) is 27.2 Å². The summed E-state index contributed by atoms with van der Waals surface area (Å²) in [5, 5.41) is 33.9. The van der Waals surface area contributed by atoms with Gasteiger partial charge in [-0.3, -0.25) is 30.0 Å². The molecule has 1 unspecified atom stereocenters. The van der Waals surface area contributed by atoms with Crippen LogP contribution in [0.3, 0.4) is 0 Å². The van der Waals surface area contributed by atoms with Gasteiger partial charge in [0.25, 0.3) is 17.3 Å². The van der Waals surface area contributed by atoms with Crippen molar-refractivity contribution in [3.05, 3.63) is 74.1 Å². The number of rotatable bonds is 6. The second-order valence-electron chi connectivity index (χ2n) is 4.73. The van der Waals surface area contributed by atoms with Gasteiger partial charge in [0.2, 0.25) is 0 Å². The molecular formula is C14H12N4O6. The summed E-state index contributed by atoms with van der Waals surface area (Å²) in [7, 11) is 0. The van der Waals surface area contributed by atoms with Gasteiger partial charge in [-0.05, 0) is 12.1 Å². The number of carbonyl (C=O) groups is 1. The van der Waals surface area contributed by atoms with Crippen molar-refractivity contribution in [1.29, 1.82) is 0 Å². The zero-order chi connectivity index (χ0) is 17.7. The summed E-state index contributed by atoms with van der Waals surface area (Å²) < 4.78 is 0. The predicted octanol–water partition coefficient (Wildman–Crippen LogP) is 1.36. The molecule has 1 aromatic carbocycles. The number of hydrogen-bond acceptors (Lipinski definition) is 7. The Morgan fingerprint density at radius 3 is 2.29 bits per heavy atom. The lowest BCUT2D eigenvalue weighted by Gasteiger charge is -2.11. The van der Waals surface area contributed by atoms with Crippen molar-refractivity contribution in [3.8, 4) is 0 Å². The topological polar surface area (TPSA) is 149 Å². The summed E-state index contributed by atoms with van der Waals surface area (Å²) in [4.78, 5) is 35.9. The second-order valence-corrected chi connectivity index (χ2v) is 4.73. The van der Waals surface area contributed by atoms with E-state index in [2.05, 4.69) is 10.3 Å². The predicted molar refractivity (Wildman–Crippen MR) is 81.3 cm³/mol. The number of pyridine rings is 1. The molecule has 1 aromatic heterocycles. The van der Waals surface area contributed by atoms with Crippen LogP contribution in [0.15, 0.2) is 42.6 Å². The van der Waals surface area contributed by atoms with Crippen molar-refractivity contribution in [1.82, 2.24) is 10.3 Å². The molecule has 2 aromatic rings. The molecule has 10 nitrogen and oxygen atoms in total. The summed E-state index contributed by atoms with van der Waals surface area (Å²) in [5.74, 6) is -0.781. The first-order valence-corrected chi connectivity index (χ1v) is 6.69. The summed E-state index contributed by atoms with van der Waals surface area (Å²) in [6.07, 6.45) is 0.397. The van der Waals surface area contributed by atoms with Crippen molar-refractivity contribution in [2.75, 3.05) is 6.54 Å². The van der Waals surface area contributed by atoms with E-state index in [1.54, 1.807) is 18.2 Å². The number of nitrogens with zero attached hydrogens (tertiary/aromatic N) is 3. The molecule has 1 atom stereocenters. The van der Waals surface area contributed by atoms with Crippen molar-refractivity contribution >= 4 is 17.3 Å². The van der Waals surface area contributed by atoms with E-state index >= 15 is 0 Å². The van der Waals surface area contributed by atoms with E-state index in [1.165, 1.54) is 6.20 Å². The maximum Gasteiger partial charge on any atom is 0.277 e. The Morgan fingerprint density at radius 1 is 1.17 bits per heavy atom. The third kappa shape index (κ3) is 4.08. The largest absolute Gasteiger partial charge is 0.385 e. The Labute approximate surface area is 135 Å². The van der Waals surface area contributed by atoms with E-state index in [9.17, 15) is 30.1 Å². The number of benzene rings is 1. The van der Waals surface area contributed by atoms with Crippen LogP contribution < -0.4 is 5.32 Å². The van der Waals surface area contributed by atoms with E-state index in [0.717, 1.165) is 18.2 Å². The molecule has 0 radical (unpaired) electrons. The molecule has 0 aliphatic heterocycles. The van der Waals surface area contributed by atoms with Gasteiger partial charge in [-0.2, -0.15) is 0 Å². The fourth-order valence-electron chi connectivity index (χ4n) is 1.91. The van der Waals surface area contributed by atoms with Crippen LogP contribution >= 0.6 is 0 Å². The number of aliphatic hydroxyl groups excluding tert-OH is 1. The maximum absolute atomic E-state index is 12.0. The van der Waals surface area contributed by atoms with Crippen LogP contribution in [-0.4, -0.2) is 32.4 Å². The molecule has 24 heavy (non-hydrogen) atoms. The maximum atomic E-state index is 12.0. The summed E-state index contributed by atoms with van der Waals surface area (Å²) >= 11 is 0. The van der Waals surface area contributed by atoms with Crippen LogP contribution in [-0.2, 0) is 0 Å². The van der Waals surface area contributed by atoms with Crippen molar-refractivity contribution in [2.45, 2.75) is 6.10 Å². The molecule has 0 aliphatic rings. The van der Waals surface area contributed by atoms with E-state index in [0.29, 0.717) is 5.69 Å². The van der Waals surface area contributed by atoms with E-state index < -0.39 is 33.2 Å². The first kappa shape index (κ1) is 17.0. The van der Waals surface area contributed by atoms with E-state index in [4.69, 9.17) is 0 Å². The number of hydrogen-bond donors (Lipinski definition) is 2. The SMILES string of the molecule is O=C(NCC(O)c1ccccn1)c1cc([N+](=O)[O-])cc([N+](=O)[O-])c1. The molecule has 1 heterocycles. The Kier molecular flexibility index (Phi) is 5.12. The summed E-state index contributed by atoms with van der Waals surface area (Å²) in [5.41, 5.74) is -1.05. The molecular weight excluding hydrogens is 320 g/mol. The average Bonchev–Trinajstić information content (AvgIpc) is 2.59. The Morgan fingerprint density at radius 2 is 1.79 bits per heavy atom. The molecule has 0 bridgehead atoms. The first-order chi connectivity index (χ1) is 11.4. The highest BCUT2D eigenvalue weighted by atomic mass is 16.6. The van der Waals surface area contributed by atoms with Gasteiger partial charge in [0.1, 0.15) is 6.10 Å². The minimum atomic E-state index is -1.08. The number of aliphatic hydroxyl groups is 1. The Balaban J connectivity index is 2.14. The highest BCUT2D eigenvalue weighted by molar-refractivity contribution is 5.95. The average molecular weight is 332 g/mol. The molecule has 0 aliphatic carbocycles. The van der Waals surface area contributed by atoms with E-state index in [1.807, 2.05) is 0 Å². The number of nitrogens with one attached hydrogen (secondary N) is 1. The third-order valence-corrected chi connectivity index (χ3v) is 3.07. The van der Waals surface area contributed by atoms with Gasteiger partial charge in [0.15, 0.2) is 0 Å². The number of carbonyl (C=O) groups excluding carboxylic acids is 1. The smallest absolute Gasteiger partial charge is 0.277 e. The molecule has 0 spiro atoms. The Bertz CT molecular complexity index is 748. The summed E-state index contributed by atoms with van der Waals surface area (Å²) in [6.45, 7) is -0.202. The molecule has 0 saturated heterocycles. The minimum Gasteiger partial charge on any atom is -0.385 e. The van der Waals surface area contributed by atoms with Gasteiger partial charge in [-0.1, -0.05) is 6.07 Å². The highest BCUT2D eigenvalue weighted by Gasteiger charge is 2.20. The number of nitro benzene ring substituents is 2. The normalized spacial score (nSPS) is 11.5. The molecule has 2 N–H and O–H groups in total. The lowest BCUT2D eigenvalue weighted by molar-refractivity contribution is -0.394. The van der Waals surface area contributed by atoms with Crippen LogP contribution in [0.2, 0.25) is 0 Å². The quantitative estimate of drug-likeness (QED) is 0.599. The van der Waals surface area contributed by atoms with Gasteiger partial charge < -0.3 is 10.4 Å². The van der Waals surface area contributed by atoms with Crippen LogP contribution in [0.1, 0.15) is 22.2 Å². The van der Waals surface area contributed by atoms with Gasteiger partial charge in [0, 0.05) is 24.9 Å². The Hall–Kier alpha value is -3.40. The molecule has 124 valence electrons. The monoisotopic (exact) mass is 332 g/mol. The number of nitro groups is 2. The third-order valence-electron chi connectivity index (χ3n) is 3.07. The minimum absolute atomic E-state index is 0.202. The van der Waals surface area contributed by atoms with Gasteiger partial charge >= 0.3 is 0 Å². The summed E-state index contributed by atoms with van der Waals surface area (Å²) in [6, 6.07) is 7.51. The fraction of sp³-hybridized carbons (Fsp3) is 0.143. The first-order valence-electron chi connectivity index (χ1n) is 6.69. The number of aromatic nitrogens is 1. The van der Waals surface area contributed by atoms with Gasteiger partial charge in [-0.15, -0.1) is 0 Å². The fourth-order valence-corrected chi connectivity index (χ4v) is 1.91. The standard InChI is InChI=1S/C14H12N4O6/c19-13(12-3-1-2-4-15-12)8-16-14(20)9-5-10(17(21)22)7-11(6-9)18(23)24/h1-7,13,19H,8H2,(H,16,20). The van der Waals surface area contributed by atoms with Crippen LogP contribution in [0.5, 0.6) is 0 Å². The van der Waals surface area contributed by atoms with Crippen molar-refractivity contribution < 1.29 is 19.7 Å². The number of non-ortho nitro benzene ring substituents is 2. The van der Waals surface area contributed by atoms with Crippen LogP contribution in [0, 0.1) is 20.2 Å². The van der Waals surface area contributed by atoms with Crippen molar-refractivity contribution in [3.63, 3.8) is 0 Å². The zero-order valence-corrected chi connectivity index (χ0v) is 12.2.